The largest absolute Gasteiger partial charge is 0.478 e. The molecule has 0 fully saturated rings. The number of aromatic nitrogens is 2. The van der Waals surface area contributed by atoms with E-state index in [2.05, 4.69) is 25.5 Å². The van der Waals surface area contributed by atoms with Gasteiger partial charge in [0.05, 0.1) is 10.3 Å². The SMILES string of the molecule is O=C(Cc1scc(-c2ccc(Br)cc2)c1C(=O)O)c1ccc2snnc2c1. The van der Waals surface area contributed by atoms with Crippen molar-refractivity contribution in [3.8, 4) is 11.1 Å². The molecule has 0 unspecified atom stereocenters. The first-order chi connectivity index (χ1) is 13.0. The molecule has 4 aromatic rings. The molecule has 8 heteroatoms. The third-order valence-corrected chi connectivity index (χ3v) is 6.35. The van der Waals surface area contributed by atoms with Crippen molar-refractivity contribution in [2.75, 3.05) is 0 Å². The molecule has 0 saturated carbocycles. The summed E-state index contributed by atoms with van der Waals surface area (Å²) in [6.07, 6.45) is 0.0336. The summed E-state index contributed by atoms with van der Waals surface area (Å²) in [5, 5.41) is 15.5. The number of carboxylic acid groups (broad SMARTS) is 1. The molecule has 0 aliphatic rings. The highest BCUT2D eigenvalue weighted by molar-refractivity contribution is 9.10. The first-order valence-electron chi connectivity index (χ1n) is 7.88. The molecule has 0 atom stereocenters. The third-order valence-electron chi connectivity index (χ3n) is 4.13. The van der Waals surface area contributed by atoms with Crippen LogP contribution in [0.25, 0.3) is 21.3 Å². The number of carbonyl (C=O) groups excluding carboxylic acids is 1. The molecule has 2 aromatic heterocycles. The molecule has 0 aliphatic heterocycles. The van der Waals surface area contributed by atoms with Crippen molar-refractivity contribution < 1.29 is 14.7 Å². The zero-order valence-electron chi connectivity index (χ0n) is 13.7. The normalized spacial score (nSPS) is 11.0. The summed E-state index contributed by atoms with van der Waals surface area (Å²) in [5.74, 6) is -1.17. The number of ketones is 1. The van der Waals surface area contributed by atoms with Crippen LogP contribution >= 0.6 is 38.8 Å². The third kappa shape index (κ3) is 3.55. The van der Waals surface area contributed by atoms with Crippen LogP contribution in [0.1, 0.15) is 25.6 Å². The summed E-state index contributed by atoms with van der Waals surface area (Å²) in [6.45, 7) is 0. The van der Waals surface area contributed by atoms with Gasteiger partial charge in [0.25, 0.3) is 0 Å². The Morgan fingerprint density at radius 1 is 1.11 bits per heavy atom. The number of thiophene rings is 1. The van der Waals surface area contributed by atoms with E-state index in [-0.39, 0.29) is 17.8 Å². The average molecular weight is 459 g/mol. The number of benzene rings is 2. The number of carbonyl (C=O) groups is 2. The first kappa shape index (κ1) is 18.0. The van der Waals surface area contributed by atoms with Crippen molar-refractivity contribution in [3.63, 3.8) is 0 Å². The van der Waals surface area contributed by atoms with Crippen molar-refractivity contribution >= 4 is 60.8 Å². The van der Waals surface area contributed by atoms with Gasteiger partial charge in [0, 0.05) is 26.9 Å². The molecule has 5 nitrogen and oxygen atoms in total. The van der Waals surface area contributed by atoms with Crippen LogP contribution < -0.4 is 0 Å². The van der Waals surface area contributed by atoms with E-state index in [0.717, 1.165) is 14.7 Å². The highest BCUT2D eigenvalue weighted by Gasteiger charge is 2.22. The van der Waals surface area contributed by atoms with Crippen LogP contribution in [0.5, 0.6) is 0 Å². The van der Waals surface area contributed by atoms with Crippen LogP contribution in [-0.2, 0) is 6.42 Å². The Kier molecular flexibility index (Phi) is 4.86. The van der Waals surface area contributed by atoms with Gasteiger partial charge in [0.2, 0.25) is 0 Å². The van der Waals surface area contributed by atoms with E-state index in [1.807, 2.05) is 30.3 Å². The molecule has 2 heterocycles. The van der Waals surface area contributed by atoms with Gasteiger partial charge in [0.15, 0.2) is 5.78 Å². The van der Waals surface area contributed by atoms with Crippen LogP contribution in [0, 0.1) is 0 Å². The number of fused-ring (bicyclic) bond motifs is 1. The summed E-state index contributed by atoms with van der Waals surface area (Å²) in [4.78, 5) is 25.1. The smallest absolute Gasteiger partial charge is 0.337 e. The second-order valence-electron chi connectivity index (χ2n) is 5.81. The number of rotatable bonds is 5. The molecular formula is C19H11BrN2O3S2. The van der Waals surface area contributed by atoms with Gasteiger partial charge in [-0.2, -0.15) is 0 Å². The lowest BCUT2D eigenvalue weighted by Gasteiger charge is -2.04. The number of nitrogens with zero attached hydrogens (tertiary/aromatic N) is 2. The van der Waals surface area contributed by atoms with E-state index in [1.165, 1.54) is 22.9 Å². The number of hydrogen-bond acceptors (Lipinski definition) is 6. The van der Waals surface area contributed by atoms with Crippen molar-refractivity contribution in [2.24, 2.45) is 0 Å². The Labute approximate surface area is 170 Å². The maximum absolute atomic E-state index is 12.7. The van der Waals surface area contributed by atoms with Gasteiger partial charge in [-0.05, 0) is 52.8 Å². The van der Waals surface area contributed by atoms with Gasteiger partial charge in [-0.1, -0.05) is 32.6 Å². The van der Waals surface area contributed by atoms with E-state index in [1.54, 1.807) is 17.5 Å². The number of aromatic carboxylic acids is 1. The molecule has 0 radical (unpaired) electrons. The van der Waals surface area contributed by atoms with Gasteiger partial charge in [0.1, 0.15) is 5.52 Å². The standard InChI is InChI=1S/C19H11BrN2O3S2/c20-12-4-1-10(2-5-12)13-9-26-17(18(13)19(24)25)8-15(23)11-3-6-16-14(7-11)21-22-27-16/h1-7,9H,8H2,(H,24,25). The van der Waals surface area contributed by atoms with Crippen molar-refractivity contribution in [1.29, 1.82) is 0 Å². The number of hydrogen-bond donors (Lipinski definition) is 1. The summed E-state index contributed by atoms with van der Waals surface area (Å²) >= 11 is 5.94. The number of Topliss-reactive ketones (excluding diaryl/α,β-unsaturated/α-hetero) is 1. The van der Waals surface area contributed by atoms with E-state index in [0.29, 0.717) is 21.5 Å². The minimum Gasteiger partial charge on any atom is -0.478 e. The Bertz CT molecular complexity index is 1170. The molecule has 0 amide bonds. The molecule has 0 bridgehead atoms. The summed E-state index contributed by atoms with van der Waals surface area (Å²) < 4.78 is 5.69. The maximum atomic E-state index is 12.7. The summed E-state index contributed by atoms with van der Waals surface area (Å²) in [7, 11) is 0. The molecule has 1 N–H and O–H groups in total. The molecular weight excluding hydrogens is 448 g/mol. The number of carboxylic acids is 1. The van der Waals surface area contributed by atoms with Gasteiger partial charge < -0.3 is 5.11 Å². The van der Waals surface area contributed by atoms with Gasteiger partial charge >= 0.3 is 5.97 Å². The van der Waals surface area contributed by atoms with Crippen LogP contribution in [0.2, 0.25) is 0 Å². The molecule has 134 valence electrons. The second kappa shape index (κ2) is 7.30. The number of halogens is 1. The van der Waals surface area contributed by atoms with Crippen molar-refractivity contribution in [2.45, 2.75) is 6.42 Å². The highest BCUT2D eigenvalue weighted by atomic mass is 79.9. The monoisotopic (exact) mass is 458 g/mol. The zero-order chi connectivity index (χ0) is 19.0. The predicted octanol–water partition coefficient (Wildman–Crippen LogP) is 5.31. The van der Waals surface area contributed by atoms with E-state index in [9.17, 15) is 14.7 Å². The quantitative estimate of drug-likeness (QED) is 0.410. The van der Waals surface area contributed by atoms with Crippen LogP contribution in [0.4, 0.5) is 0 Å². The fourth-order valence-electron chi connectivity index (χ4n) is 2.81. The minimum atomic E-state index is -1.03. The summed E-state index contributed by atoms with van der Waals surface area (Å²) in [6, 6.07) is 12.7. The van der Waals surface area contributed by atoms with Crippen LogP contribution in [0.3, 0.4) is 0 Å². The highest BCUT2D eigenvalue weighted by Crippen LogP contribution is 2.33. The lowest BCUT2D eigenvalue weighted by Crippen LogP contribution is -2.07. The molecule has 0 saturated heterocycles. The van der Waals surface area contributed by atoms with Crippen molar-refractivity contribution in [1.82, 2.24) is 9.59 Å². The second-order valence-corrected chi connectivity index (χ2v) is 8.48. The van der Waals surface area contributed by atoms with E-state index in [4.69, 9.17) is 0 Å². The molecule has 2 aromatic carbocycles. The van der Waals surface area contributed by atoms with Gasteiger partial charge in [-0.25, -0.2) is 4.79 Å². The fraction of sp³-hybridized carbons (Fsp3) is 0.0526. The van der Waals surface area contributed by atoms with Crippen LogP contribution in [0.15, 0.2) is 52.3 Å². The molecule has 27 heavy (non-hydrogen) atoms. The molecule has 0 aliphatic carbocycles. The first-order valence-corrected chi connectivity index (χ1v) is 10.3. The predicted molar refractivity (Wildman–Crippen MR) is 110 cm³/mol. The molecule has 0 spiro atoms. The average Bonchev–Trinajstić information content (AvgIpc) is 3.28. The van der Waals surface area contributed by atoms with Crippen molar-refractivity contribution in [3.05, 3.63) is 68.3 Å². The van der Waals surface area contributed by atoms with E-state index < -0.39 is 5.97 Å². The lowest BCUT2D eigenvalue weighted by molar-refractivity contribution is 0.0697. The minimum absolute atomic E-state index is 0.0336. The topological polar surface area (TPSA) is 80.2 Å². The molecule has 4 rings (SSSR count). The summed E-state index contributed by atoms with van der Waals surface area (Å²) in [5.41, 5.74) is 2.80. The maximum Gasteiger partial charge on any atom is 0.337 e. The van der Waals surface area contributed by atoms with E-state index >= 15 is 0 Å². The Morgan fingerprint density at radius 2 is 1.89 bits per heavy atom. The Hall–Kier alpha value is -2.42. The van der Waals surface area contributed by atoms with Gasteiger partial charge in [-0.3, -0.25) is 4.79 Å². The van der Waals surface area contributed by atoms with Gasteiger partial charge in [-0.15, -0.1) is 16.4 Å². The Morgan fingerprint density at radius 3 is 2.63 bits per heavy atom. The lowest BCUT2D eigenvalue weighted by atomic mass is 10.00. The fourth-order valence-corrected chi connectivity index (χ4v) is 4.65. The van der Waals surface area contributed by atoms with Crippen LogP contribution in [-0.4, -0.2) is 26.4 Å². The zero-order valence-corrected chi connectivity index (χ0v) is 16.9. The Balaban J connectivity index is 1.68.